The third-order valence-corrected chi connectivity index (χ3v) is 4.15. The number of nitrogens with one attached hydrogen (secondary N) is 2. The Kier molecular flexibility index (Phi) is 5.70. The topological polar surface area (TPSA) is 98.9 Å². The number of aromatic nitrogens is 5. The van der Waals surface area contributed by atoms with Crippen LogP contribution >= 0.6 is 0 Å². The molecule has 2 aromatic heterocycles. The molecular formula is C18H23N7O2. The molecule has 1 aromatic carbocycles. The van der Waals surface area contributed by atoms with Crippen LogP contribution in [-0.4, -0.2) is 44.5 Å². The van der Waals surface area contributed by atoms with Crippen LogP contribution in [0.25, 0.3) is 11.1 Å². The fourth-order valence-corrected chi connectivity index (χ4v) is 2.85. The molecule has 3 rings (SSSR count). The normalized spacial score (nSPS) is 10.6. The number of amides is 2. The van der Waals surface area contributed by atoms with E-state index in [9.17, 15) is 4.79 Å². The standard InChI is InChI=1S/C18H23N7O2/c1-13-16(14-5-7-15(27-3)8-6-14)17(24(2)22-13)21-18(26)19-9-4-11-25-12-10-20-23-25/h5-8,10,12H,4,9,11H2,1-3H3,(H2,19,21,26). The highest BCUT2D eigenvalue weighted by atomic mass is 16.5. The van der Waals surface area contributed by atoms with Gasteiger partial charge in [0.05, 0.1) is 19.0 Å². The van der Waals surface area contributed by atoms with Gasteiger partial charge in [-0.1, -0.05) is 17.3 Å². The highest BCUT2D eigenvalue weighted by Crippen LogP contribution is 2.32. The van der Waals surface area contributed by atoms with E-state index >= 15 is 0 Å². The van der Waals surface area contributed by atoms with E-state index in [1.165, 1.54) is 0 Å². The van der Waals surface area contributed by atoms with Crippen LogP contribution in [-0.2, 0) is 13.6 Å². The molecule has 2 heterocycles. The lowest BCUT2D eigenvalue weighted by Gasteiger charge is -2.11. The van der Waals surface area contributed by atoms with E-state index in [0.717, 1.165) is 29.0 Å². The minimum atomic E-state index is -0.272. The number of carbonyl (C=O) groups is 1. The average molecular weight is 369 g/mol. The summed E-state index contributed by atoms with van der Waals surface area (Å²) < 4.78 is 8.60. The van der Waals surface area contributed by atoms with Crippen LogP contribution in [0.15, 0.2) is 36.7 Å². The smallest absolute Gasteiger partial charge is 0.320 e. The fourth-order valence-electron chi connectivity index (χ4n) is 2.85. The summed E-state index contributed by atoms with van der Waals surface area (Å²) in [4.78, 5) is 12.3. The van der Waals surface area contributed by atoms with Crippen LogP contribution in [0.4, 0.5) is 10.6 Å². The predicted molar refractivity (Wildman–Crippen MR) is 102 cm³/mol. The number of hydrogen-bond acceptors (Lipinski definition) is 5. The van der Waals surface area contributed by atoms with E-state index in [0.29, 0.717) is 18.9 Å². The highest BCUT2D eigenvalue weighted by molar-refractivity contribution is 5.93. The van der Waals surface area contributed by atoms with Crippen molar-refractivity contribution < 1.29 is 9.53 Å². The molecular weight excluding hydrogens is 346 g/mol. The van der Waals surface area contributed by atoms with Crippen LogP contribution in [0, 0.1) is 6.92 Å². The molecule has 0 unspecified atom stereocenters. The lowest BCUT2D eigenvalue weighted by molar-refractivity contribution is 0.251. The SMILES string of the molecule is COc1ccc(-c2c(C)nn(C)c2NC(=O)NCCCn2ccnn2)cc1. The van der Waals surface area contributed by atoms with E-state index < -0.39 is 0 Å². The van der Waals surface area contributed by atoms with Gasteiger partial charge >= 0.3 is 6.03 Å². The number of carbonyl (C=O) groups excluding carboxylic acids is 1. The zero-order chi connectivity index (χ0) is 19.2. The Morgan fingerprint density at radius 3 is 2.70 bits per heavy atom. The average Bonchev–Trinajstić information content (AvgIpc) is 3.27. The number of nitrogens with zero attached hydrogens (tertiary/aromatic N) is 5. The van der Waals surface area contributed by atoms with Gasteiger partial charge in [0.25, 0.3) is 0 Å². The summed E-state index contributed by atoms with van der Waals surface area (Å²) in [6.45, 7) is 3.14. The monoisotopic (exact) mass is 369 g/mol. The molecule has 0 aliphatic carbocycles. The summed E-state index contributed by atoms with van der Waals surface area (Å²) >= 11 is 0. The highest BCUT2D eigenvalue weighted by Gasteiger charge is 2.17. The molecule has 0 spiro atoms. The molecule has 9 heteroatoms. The summed E-state index contributed by atoms with van der Waals surface area (Å²) in [5.74, 6) is 1.42. The first-order valence-electron chi connectivity index (χ1n) is 8.65. The van der Waals surface area contributed by atoms with E-state index in [1.807, 2.05) is 31.2 Å². The van der Waals surface area contributed by atoms with Gasteiger partial charge in [-0.25, -0.2) is 4.79 Å². The zero-order valence-corrected chi connectivity index (χ0v) is 15.6. The molecule has 9 nitrogen and oxygen atoms in total. The quantitative estimate of drug-likeness (QED) is 0.622. The summed E-state index contributed by atoms with van der Waals surface area (Å²) in [5, 5.41) is 17.8. The van der Waals surface area contributed by atoms with Crippen molar-refractivity contribution in [3.05, 3.63) is 42.4 Å². The van der Waals surface area contributed by atoms with Crippen molar-refractivity contribution in [1.82, 2.24) is 30.1 Å². The van der Waals surface area contributed by atoms with Crippen molar-refractivity contribution in [2.24, 2.45) is 7.05 Å². The first-order valence-corrected chi connectivity index (χ1v) is 8.65. The summed E-state index contributed by atoms with van der Waals surface area (Å²) in [6, 6.07) is 7.39. The number of urea groups is 1. The second kappa shape index (κ2) is 8.35. The predicted octanol–water partition coefficient (Wildman–Crippen LogP) is 2.21. The molecule has 27 heavy (non-hydrogen) atoms. The molecule has 2 amide bonds. The molecule has 0 saturated carbocycles. The van der Waals surface area contributed by atoms with Crippen LogP contribution in [0.5, 0.6) is 5.75 Å². The first kappa shape index (κ1) is 18.4. The van der Waals surface area contributed by atoms with Crippen LogP contribution in [0.2, 0.25) is 0 Å². The van der Waals surface area contributed by atoms with Gasteiger partial charge < -0.3 is 10.1 Å². The van der Waals surface area contributed by atoms with E-state index in [1.54, 1.807) is 35.9 Å². The van der Waals surface area contributed by atoms with E-state index in [2.05, 4.69) is 26.0 Å². The number of aryl methyl sites for hydroxylation is 3. The number of ether oxygens (including phenoxy) is 1. The van der Waals surface area contributed by atoms with Crippen molar-refractivity contribution in [3.8, 4) is 16.9 Å². The largest absolute Gasteiger partial charge is 0.497 e. The van der Waals surface area contributed by atoms with Crippen molar-refractivity contribution in [2.75, 3.05) is 19.0 Å². The van der Waals surface area contributed by atoms with Gasteiger partial charge in [-0.3, -0.25) is 14.7 Å². The van der Waals surface area contributed by atoms with Crippen LogP contribution in [0.1, 0.15) is 12.1 Å². The minimum absolute atomic E-state index is 0.272. The lowest BCUT2D eigenvalue weighted by atomic mass is 10.1. The van der Waals surface area contributed by atoms with Gasteiger partial charge in [0, 0.05) is 31.9 Å². The van der Waals surface area contributed by atoms with Crippen molar-refractivity contribution in [3.63, 3.8) is 0 Å². The molecule has 0 fully saturated rings. The zero-order valence-electron chi connectivity index (χ0n) is 15.6. The Balaban J connectivity index is 1.64. The number of rotatable bonds is 7. The maximum absolute atomic E-state index is 12.3. The Morgan fingerprint density at radius 1 is 1.26 bits per heavy atom. The van der Waals surface area contributed by atoms with Crippen LogP contribution in [0.3, 0.4) is 0 Å². The summed E-state index contributed by atoms with van der Waals surface area (Å²) in [5.41, 5.74) is 2.69. The second-order valence-corrected chi connectivity index (χ2v) is 6.06. The molecule has 0 aliphatic rings. The molecule has 0 atom stereocenters. The molecule has 142 valence electrons. The number of hydrogen-bond donors (Lipinski definition) is 2. The fraction of sp³-hybridized carbons (Fsp3) is 0.333. The van der Waals surface area contributed by atoms with Gasteiger partial charge in [0.15, 0.2) is 0 Å². The third-order valence-electron chi connectivity index (χ3n) is 4.15. The Labute approximate surface area is 157 Å². The molecule has 3 aromatic rings. The molecule has 0 radical (unpaired) electrons. The van der Waals surface area contributed by atoms with Gasteiger partial charge in [-0.2, -0.15) is 5.10 Å². The number of benzene rings is 1. The maximum atomic E-state index is 12.3. The van der Waals surface area contributed by atoms with Gasteiger partial charge in [0.2, 0.25) is 0 Å². The van der Waals surface area contributed by atoms with Gasteiger partial charge in [-0.05, 0) is 31.0 Å². The Bertz CT molecular complexity index is 885. The van der Waals surface area contributed by atoms with Crippen LogP contribution < -0.4 is 15.4 Å². The van der Waals surface area contributed by atoms with E-state index in [-0.39, 0.29) is 6.03 Å². The number of anilines is 1. The number of methoxy groups -OCH3 is 1. The molecule has 0 aliphatic heterocycles. The minimum Gasteiger partial charge on any atom is -0.497 e. The van der Waals surface area contributed by atoms with Gasteiger partial charge in [0.1, 0.15) is 11.6 Å². The second-order valence-electron chi connectivity index (χ2n) is 6.06. The summed E-state index contributed by atoms with van der Waals surface area (Å²) in [7, 11) is 3.44. The molecule has 2 N–H and O–H groups in total. The lowest BCUT2D eigenvalue weighted by Crippen LogP contribution is -2.31. The third kappa shape index (κ3) is 4.43. The van der Waals surface area contributed by atoms with Crippen molar-refractivity contribution in [1.29, 1.82) is 0 Å². The maximum Gasteiger partial charge on any atom is 0.320 e. The Hall–Kier alpha value is -3.36. The summed E-state index contributed by atoms with van der Waals surface area (Å²) in [6.07, 6.45) is 4.18. The Morgan fingerprint density at radius 2 is 2.04 bits per heavy atom. The molecule has 0 saturated heterocycles. The van der Waals surface area contributed by atoms with Gasteiger partial charge in [-0.15, -0.1) is 5.10 Å². The van der Waals surface area contributed by atoms with Crippen molar-refractivity contribution >= 4 is 11.8 Å². The molecule has 0 bridgehead atoms. The first-order chi connectivity index (χ1) is 13.1. The van der Waals surface area contributed by atoms with Crippen molar-refractivity contribution in [2.45, 2.75) is 19.9 Å². The van der Waals surface area contributed by atoms with E-state index in [4.69, 9.17) is 4.74 Å².